The lowest BCUT2D eigenvalue weighted by atomic mass is 9.96. The number of esters is 1. The van der Waals surface area contributed by atoms with E-state index in [1.807, 2.05) is 133 Å². The van der Waals surface area contributed by atoms with Gasteiger partial charge in [-0.05, 0) is 201 Å². The number of aromatic hydroxyl groups is 2. The smallest absolute Gasteiger partial charge is 0.339 e. The van der Waals surface area contributed by atoms with Crippen molar-refractivity contribution in [2.45, 2.75) is 91.4 Å². The number of halogens is 4. The van der Waals surface area contributed by atoms with Crippen molar-refractivity contribution in [1.29, 1.82) is 0 Å². The molecule has 13 aromatic carbocycles. The van der Waals surface area contributed by atoms with Gasteiger partial charge in [0, 0.05) is 62.1 Å². The number of para-hydroxylation sites is 3. The molecule has 0 spiro atoms. The minimum atomic E-state index is -1.32. The summed E-state index contributed by atoms with van der Waals surface area (Å²) < 4.78 is 50.6. The van der Waals surface area contributed by atoms with Crippen LogP contribution in [0.2, 0.25) is 5.02 Å². The number of ketones is 1. The zero-order valence-corrected chi connectivity index (χ0v) is 72.2. The first-order chi connectivity index (χ1) is 61.7. The summed E-state index contributed by atoms with van der Waals surface area (Å²) in [5, 5.41) is 91.7. The van der Waals surface area contributed by atoms with Crippen LogP contribution in [-0.2, 0) is 35.2 Å². The molecule has 0 aliphatic rings. The Kier molecular flexibility index (Phi) is 38.2. The zero-order chi connectivity index (χ0) is 95.6. The van der Waals surface area contributed by atoms with Crippen molar-refractivity contribution in [3.05, 3.63) is 387 Å². The first-order valence-corrected chi connectivity index (χ1v) is 40.5. The van der Waals surface area contributed by atoms with Crippen molar-refractivity contribution in [3.8, 4) is 51.0 Å². The third kappa shape index (κ3) is 30.4. The highest BCUT2D eigenvalue weighted by molar-refractivity contribution is 6.32. The van der Waals surface area contributed by atoms with E-state index < -0.39 is 107 Å². The highest BCUT2D eigenvalue weighted by Crippen LogP contribution is 2.34. The van der Waals surface area contributed by atoms with E-state index in [0.29, 0.717) is 50.6 Å². The standard InChI is InChI=1S/C16H14O3.C15H12ClNO2.C15H13FO2.C15H14O3.C13H8F2O3.C13H18O2.C9H8O4.C7H6O3/c1-11(16(18)19)13-8-5-9-14(10-13)15(17)12-6-3-2-4-7-12;1-8(15(18)19)9-2-4-11-12-7-10(16)3-5-13(12)17-14(11)6-9;1-10(15(17)18)12-7-8-13(14(16)9-12)11-5-3-2-4-6-11;1-11(15(16)17)12-6-5-9-14(10-12)18-13-7-3-2-4-8-13;14-8-2-3-9(11(15)6-8)7-1-4-12(16)10(5-7)13(17)18;1-9(2)8-11-4-6-12(7-5-11)10(3)13(14)15;1-6(10)13-8-5-3-2-4-7(8)9(11)12;8-6-4-2-1-3-5(6)7(9)10/h2-11H,1H3,(H,18,19);2-8,17H,1H3,(H,18,19);2-10H,1H3,(H,17,18);2-11H,1H3,(H,16,17);1-6,16H,(H,17,18);4-7,9-10H,8H2,1-3H3,(H,14,15);2-5H,1H3,(H,11,12);1-4,8H,(H,9,10). The summed E-state index contributed by atoms with van der Waals surface area (Å²) in [5.41, 5.74) is 8.98. The average molecular weight is 1790 g/mol. The van der Waals surface area contributed by atoms with Gasteiger partial charge in [0.15, 0.2) is 5.78 Å². The van der Waals surface area contributed by atoms with Gasteiger partial charge in [0.05, 0.1) is 29.6 Å². The minimum absolute atomic E-state index is 0.0160. The van der Waals surface area contributed by atoms with Gasteiger partial charge >= 0.3 is 53.7 Å². The monoisotopic (exact) mass is 1790 g/mol. The topological polar surface area (TPSA) is 407 Å². The number of aromatic amines is 1. The largest absolute Gasteiger partial charge is 0.507 e. The van der Waals surface area contributed by atoms with Gasteiger partial charge in [-0.3, -0.25) is 33.6 Å². The molecule has 5 unspecified atom stereocenters. The van der Waals surface area contributed by atoms with Crippen molar-refractivity contribution in [2.75, 3.05) is 0 Å². The van der Waals surface area contributed by atoms with Crippen molar-refractivity contribution in [3.63, 3.8) is 0 Å². The number of hydrogen-bond donors (Lipinski definition) is 11. The lowest BCUT2D eigenvalue weighted by Gasteiger charge is -2.10. The van der Waals surface area contributed by atoms with E-state index in [1.54, 1.807) is 138 Å². The zero-order valence-electron chi connectivity index (χ0n) is 71.4. The summed E-state index contributed by atoms with van der Waals surface area (Å²) >= 11 is 6.01. The summed E-state index contributed by atoms with van der Waals surface area (Å²) in [6, 6.07) is 83.7. The Labute approximate surface area is 750 Å². The number of benzene rings is 13. The number of H-pyrrole nitrogens is 1. The van der Waals surface area contributed by atoms with E-state index in [9.17, 15) is 66.2 Å². The first-order valence-electron chi connectivity index (χ1n) is 40.1. The molecule has 670 valence electrons. The molecule has 1 heterocycles. The summed E-state index contributed by atoms with van der Waals surface area (Å²) in [7, 11) is 0. The van der Waals surface area contributed by atoms with Crippen molar-refractivity contribution < 1.29 is 122 Å². The molecule has 0 amide bonds. The molecular formula is C103H93ClF3NO22. The number of aliphatic carboxylic acids is 5. The Hall–Kier alpha value is -16.0. The summed E-state index contributed by atoms with van der Waals surface area (Å²) in [5.74, 6) is -11.7. The number of fused-ring (bicyclic) bond motifs is 3. The molecule has 5 atom stereocenters. The fourth-order valence-electron chi connectivity index (χ4n) is 12.3. The molecule has 0 saturated heterocycles. The fourth-order valence-corrected chi connectivity index (χ4v) is 12.4. The number of rotatable bonds is 22. The fraction of sp³-hybridized carbons (Fsp3) is 0.146. The lowest BCUT2D eigenvalue weighted by molar-refractivity contribution is -0.139. The summed E-state index contributed by atoms with van der Waals surface area (Å²) in [6.07, 6.45) is 1.04. The third-order valence-corrected chi connectivity index (χ3v) is 19.9. The van der Waals surface area contributed by atoms with Crippen LogP contribution >= 0.6 is 11.6 Å². The van der Waals surface area contributed by atoms with Crippen molar-refractivity contribution >= 4 is 92.9 Å². The molecule has 14 aromatic rings. The Morgan fingerprint density at radius 3 is 1.33 bits per heavy atom. The van der Waals surface area contributed by atoms with E-state index >= 15 is 0 Å². The predicted molar refractivity (Wildman–Crippen MR) is 487 cm³/mol. The maximum absolute atomic E-state index is 14.0. The molecule has 0 bridgehead atoms. The van der Waals surface area contributed by atoms with Crippen LogP contribution in [0, 0.1) is 23.4 Å². The molecule has 0 radical (unpaired) electrons. The maximum atomic E-state index is 14.0. The first kappa shape index (κ1) is 101. The normalized spacial score (nSPS) is 11.5. The number of aromatic carboxylic acids is 3. The molecule has 0 aliphatic carbocycles. The van der Waals surface area contributed by atoms with Gasteiger partial charge in [0.1, 0.15) is 62.9 Å². The summed E-state index contributed by atoms with van der Waals surface area (Å²) in [4.78, 5) is 112. The molecule has 1 aromatic heterocycles. The number of nitrogens with one attached hydrogen (secondary N) is 1. The number of carboxylic acid groups (broad SMARTS) is 8. The van der Waals surface area contributed by atoms with Crippen LogP contribution in [0.15, 0.2) is 303 Å². The van der Waals surface area contributed by atoms with Crippen molar-refractivity contribution in [2.24, 2.45) is 5.92 Å². The van der Waals surface area contributed by atoms with Crippen LogP contribution < -0.4 is 9.47 Å². The number of carbonyl (C=O) groups is 10. The SMILES string of the molecule is CC(=O)Oc1ccccc1C(=O)O.CC(C(=O)O)c1ccc(-c2ccccc2)c(F)c1.CC(C(=O)O)c1ccc2c(c1)[nH]c1ccc(Cl)cc12.CC(C(=O)O)c1cccc(C(=O)c2ccccc2)c1.CC(C(=O)O)c1cccc(Oc2ccccc2)c1.CC(C)Cc1ccc(C(C)C(=O)O)cc1.O=C(O)c1cc(-c2ccc(F)cc2F)ccc1O.O=C(O)c1ccccc1O. The van der Waals surface area contributed by atoms with E-state index in [0.717, 1.165) is 74.4 Å². The Bertz CT molecular complexity index is 6290. The Morgan fingerprint density at radius 2 is 0.800 bits per heavy atom. The van der Waals surface area contributed by atoms with Crippen LogP contribution in [-0.4, -0.2) is 116 Å². The number of carbonyl (C=O) groups excluding carboxylic acids is 2. The molecule has 27 heteroatoms. The minimum Gasteiger partial charge on any atom is -0.507 e. The third-order valence-electron chi connectivity index (χ3n) is 19.6. The molecule has 0 fully saturated rings. The Balaban J connectivity index is 0.000000205. The second-order valence-electron chi connectivity index (χ2n) is 29.6. The maximum Gasteiger partial charge on any atom is 0.339 e. The van der Waals surface area contributed by atoms with E-state index in [1.165, 1.54) is 55.0 Å². The number of ether oxygens (including phenoxy) is 2. The second-order valence-corrected chi connectivity index (χ2v) is 30.0. The van der Waals surface area contributed by atoms with Crippen LogP contribution in [0.3, 0.4) is 0 Å². The average Bonchev–Trinajstić information content (AvgIpc) is 1.63. The van der Waals surface area contributed by atoms with Crippen molar-refractivity contribution in [1.82, 2.24) is 4.98 Å². The van der Waals surface area contributed by atoms with Crippen LogP contribution in [0.4, 0.5) is 13.2 Å². The molecule has 130 heavy (non-hydrogen) atoms. The summed E-state index contributed by atoms with van der Waals surface area (Å²) in [6.45, 7) is 13.8. The molecular weight excluding hydrogens is 1700 g/mol. The van der Waals surface area contributed by atoms with Crippen LogP contribution in [0.25, 0.3) is 44.1 Å². The highest BCUT2D eigenvalue weighted by Gasteiger charge is 2.22. The van der Waals surface area contributed by atoms with Gasteiger partial charge in [0.25, 0.3) is 0 Å². The van der Waals surface area contributed by atoms with Gasteiger partial charge in [-0.15, -0.1) is 0 Å². The van der Waals surface area contributed by atoms with Gasteiger partial charge in [-0.1, -0.05) is 214 Å². The van der Waals surface area contributed by atoms with Gasteiger partial charge < -0.3 is 65.5 Å². The highest BCUT2D eigenvalue weighted by atomic mass is 35.5. The number of hydrogen-bond acceptors (Lipinski definition) is 14. The van der Waals surface area contributed by atoms with Crippen LogP contribution in [0.5, 0.6) is 28.7 Å². The lowest BCUT2D eigenvalue weighted by Crippen LogP contribution is -2.09. The Morgan fingerprint density at radius 1 is 0.354 bits per heavy atom. The number of aromatic nitrogens is 1. The predicted octanol–water partition coefficient (Wildman–Crippen LogP) is 23.1. The molecule has 11 N–H and O–H groups in total. The number of phenols is 2. The molecule has 23 nitrogen and oxygen atoms in total. The van der Waals surface area contributed by atoms with Crippen LogP contribution in [0.1, 0.15) is 165 Å². The van der Waals surface area contributed by atoms with Gasteiger partial charge in [-0.25, -0.2) is 27.6 Å². The van der Waals surface area contributed by atoms with E-state index in [2.05, 4.69) is 23.6 Å². The van der Waals surface area contributed by atoms with Gasteiger partial charge in [-0.2, -0.15) is 0 Å². The molecule has 0 saturated carbocycles. The quantitative estimate of drug-likeness (QED) is 0.0170. The molecule has 0 aliphatic heterocycles. The molecule has 14 rings (SSSR count). The number of carboxylic acids is 8. The second kappa shape index (κ2) is 49.1. The van der Waals surface area contributed by atoms with E-state index in [-0.39, 0.29) is 45.1 Å². The van der Waals surface area contributed by atoms with Gasteiger partial charge in [0.2, 0.25) is 0 Å². The van der Waals surface area contributed by atoms with E-state index in [4.69, 9.17) is 62.3 Å².